The van der Waals surface area contributed by atoms with Gasteiger partial charge in [-0.15, -0.1) is 24.0 Å². The largest absolute Gasteiger partial charge is 0.371 e. The van der Waals surface area contributed by atoms with Gasteiger partial charge in [-0.3, -0.25) is 4.99 Å². The average Bonchev–Trinajstić information content (AvgIpc) is 3.29. The first kappa shape index (κ1) is 22.0. The number of nitrogens with zero attached hydrogens (tertiary/aromatic N) is 2. The molecule has 1 aromatic rings. The molecule has 0 bridgehead atoms. The minimum absolute atomic E-state index is 0. The third-order valence-corrected chi connectivity index (χ3v) is 6.73. The summed E-state index contributed by atoms with van der Waals surface area (Å²) in [4.78, 5) is 6.82. The van der Waals surface area contributed by atoms with Gasteiger partial charge in [-0.05, 0) is 55.6 Å². The van der Waals surface area contributed by atoms with Gasteiger partial charge >= 0.3 is 0 Å². The molecule has 7 heteroatoms. The van der Waals surface area contributed by atoms with E-state index < -0.39 is 0 Å². The number of hydrogen-bond acceptors (Lipinski definition) is 3. The summed E-state index contributed by atoms with van der Waals surface area (Å²) in [6.45, 7) is 6.31. The predicted octanol–water partition coefficient (Wildman–Crippen LogP) is 4.15. The van der Waals surface area contributed by atoms with E-state index in [0.29, 0.717) is 5.92 Å². The first-order valence-corrected chi connectivity index (χ1v) is 10.7. The van der Waals surface area contributed by atoms with Crippen molar-refractivity contribution < 1.29 is 0 Å². The number of aryl methyl sites for hydroxylation is 1. The molecule has 0 spiro atoms. The molecule has 2 unspecified atom stereocenters. The van der Waals surface area contributed by atoms with E-state index >= 15 is 0 Å². The second-order valence-corrected chi connectivity index (χ2v) is 8.85. The van der Waals surface area contributed by atoms with E-state index in [1.54, 1.807) is 0 Å². The van der Waals surface area contributed by atoms with Crippen LogP contribution in [0.2, 0.25) is 5.02 Å². The first-order chi connectivity index (χ1) is 12.2. The summed E-state index contributed by atoms with van der Waals surface area (Å²) in [7, 11) is 1.85. The fourth-order valence-electron chi connectivity index (χ4n) is 3.62. The number of halogens is 2. The molecule has 2 fully saturated rings. The summed E-state index contributed by atoms with van der Waals surface area (Å²) in [5.74, 6) is 2.88. The van der Waals surface area contributed by atoms with Crippen LogP contribution in [0.5, 0.6) is 0 Å². The van der Waals surface area contributed by atoms with Gasteiger partial charge in [-0.25, -0.2) is 0 Å². The zero-order valence-electron chi connectivity index (χ0n) is 15.6. The van der Waals surface area contributed by atoms with Crippen molar-refractivity contribution in [3.63, 3.8) is 0 Å². The van der Waals surface area contributed by atoms with E-state index in [4.69, 9.17) is 11.6 Å². The molecule has 146 valence electrons. The van der Waals surface area contributed by atoms with E-state index in [9.17, 15) is 0 Å². The summed E-state index contributed by atoms with van der Waals surface area (Å²) in [5.41, 5.74) is 2.57. The number of hydrogen-bond donors (Lipinski definition) is 2. The molecular weight excluding hydrogens is 479 g/mol. The van der Waals surface area contributed by atoms with E-state index in [2.05, 4.69) is 51.3 Å². The van der Waals surface area contributed by atoms with E-state index in [-0.39, 0.29) is 24.0 Å². The van der Waals surface area contributed by atoms with Gasteiger partial charge < -0.3 is 15.5 Å². The van der Waals surface area contributed by atoms with Crippen molar-refractivity contribution in [2.75, 3.05) is 43.9 Å². The van der Waals surface area contributed by atoms with Crippen LogP contribution in [0.4, 0.5) is 5.69 Å². The van der Waals surface area contributed by atoms with Crippen molar-refractivity contribution in [3.05, 3.63) is 28.8 Å². The van der Waals surface area contributed by atoms with Crippen LogP contribution in [-0.4, -0.2) is 50.2 Å². The van der Waals surface area contributed by atoms with Crippen molar-refractivity contribution >= 4 is 59.0 Å². The van der Waals surface area contributed by atoms with E-state index in [1.165, 1.54) is 36.3 Å². The van der Waals surface area contributed by atoms with Crippen LogP contribution in [0.15, 0.2) is 23.2 Å². The number of rotatable bonds is 5. The Kier molecular flexibility index (Phi) is 9.17. The lowest BCUT2D eigenvalue weighted by Crippen LogP contribution is -2.42. The Balaban J connectivity index is 0.00000243. The van der Waals surface area contributed by atoms with Gasteiger partial charge in [0, 0.05) is 49.2 Å². The number of thioether (sulfide) groups is 1. The van der Waals surface area contributed by atoms with E-state index in [1.807, 2.05) is 13.1 Å². The molecular formula is C19H30ClIN4S. The van der Waals surface area contributed by atoms with Crippen molar-refractivity contribution in [1.29, 1.82) is 0 Å². The number of guanidine groups is 1. The highest BCUT2D eigenvalue weighted by Gasteiger charge is 2.24. The van der Waals surface area contributed by atoms with Gasteiger partial charge in [0.25, 0.3) is 0 Å². The molecule has 2 aliphatic rings. The van der Waals surface area contributed by atoms with Crippen LogP contribution < -0.4 is 15.5 Å². The summed E-state index contributed by atoms with van der Waals surface area (Å²) in [5, 5.41) is 8.55. The fraction of sp³-hybridized carbons (Fsp3) is 0.632. The van der Waals surface area contributed by atoms with Crippen molar-refractivity contribution in [1.82, 2.24) is 10.6 Å². The Morgan fingerprint density at radius 3 is 2.85 bits per heavy atom. The fourth-order valence-corrected chi connectivity index (χ4v) is 4.99. The molecule has 0 saturated carbocycles. The third kappa shape index (κ3) is 6.09. The molecule has 2 heterocycles. The Labute approximate surface area is 183 Å². The van der Waals surface area contributed by atoms with Crippen LogP contribution in [0.3, 0.4) is 0 Å². The average molecular weight is 509 g/mol. The second kappa shape index (κ2) is 10.9. The molecule has 0 aromatic heterocycles. The summed E-state index contributed by atoms with van der Waals surface area (Å²) >= 11 is 8.25. The minimum atomic E-state index is 0. The first-order valence-electron chi connectivity index (χ1n) is 9.23. The molecule has 2 saturated heterocycles. The smallest absolute Gasteiger partial charge is 0.191 e. The van der Waals surface area contributed by atoms with Gasteiger partial charge in [0.2, 0.25) is 0 Å². The van der Waals surface area contributed by atoms with Crippen molar-refractivity contribution in [2.45, 2.75) is 31.4 Å². The lowest BCUT2D eigenvalue weighted by molar-refractivity contribution is 0.565. The topological polar surface area (TPSA) is 39.7 Å². The molecule has 2 aliphatic heterocycles. The molecule has 2 N–H and O–H groups in total. The molecule has 0 radical (unpaired) electrons. The van der Waals surface area contributed by atoms with Gasteiger partial charge in [0.05, 0.1) is 0 Å². The highest BCUT2D eigenvalue weighted by atomic mass is 127. The number of anilines is 1. The summed E-state index contributed by atoms with van der Waals surface area (Å²) < 4.78 is 0. The molecule has 1 aromatic carbocycles. The number of aliphatic imine (C=N–C) groups is 1. The predicted molar refractivity (Wildman–Crippen MR) is 127 cm³/mol. The van der Waals surface area contributed by atoms with Crippen LogP contribution in [0.1, 0.15) is 24.8 Å². The Hall–Kier alpha value is -0.340. The standard InChI is InChI=1S/C19H29ClN4S.HI/c1-14-5-6-16(20)10-18(14)24-8-7-15(13-24)11-22-19(21-2)23-12-17-4-3-9-25-17;/h5-6,10,15,17H,3-4,7-9,11-13H2,1-2H3,(H2,21,22,23);1H. The Morgan fingerprint density at radius 1 is 1.31 bits per heavy atom. The molecule has 0 amide bonds. The highest BCUT2D eigenvalue weighted by molar-refractivity contribution is 14.0. The maximum absolute atomic E-state index is 6.18. The quantitative estimate of drug-likeness (QED) is 0.356. The maximum Gasteiger partial charge on any atom is 0.191 e. The molecule has 4 nitrogen and oxygen atoms in total. The van der Waals surface area contributed by atoms with Crippen LogP contribution in [-0.2, 0) is 0 Å². The third-order valence-electron chi connectivity index (χ3n) is 5.10. The van der Waals surface area contributed by atoms with Crippen LogP contribution in [0.25, 0.3) is 0 Å². The molecule has 0 aliphatic carbocycles. The van der Waals surface area contributed by atoms with E-state index in [0.717, 1.165) is 42.4 Å². The SMILES string of the molecule is CN=C(NCC1CCN(c2cc(Cl)ccc2C)C1)NCC1CCCS1.I. The van der Waals surface area contributed by atoms with Crippen molar-refractivity contribution in [2.24, 2.45) is 10.9 Å². The molecule has 26 heavy (non-hydrogen) atoms. The van der Waals surface area contributed by atoms with Crippen LogP contribution in [0, 0.1) is 12.8 Å². The van der Waals surface area contributed by atoms with Gasteiger partial charge in [0.1, 0.15) is 0 Å². The number of nitrogens with one attached hydrogen (secondary N) is 2. The zero-order chi connectivity index (χ0) is 17.6. The lowest BCUT2D eigenvalue weighted by atomic mass is 10.1. The zero-order valence-corrected chi connectivity index (χ0v) is 19.5. The Morgan fingerprint density at radius 2 is 2.12 bits per heavy atom. The van der Waals surface area contributed by atoms with Gasteiger partial charge in [-0.2, -0.15) is 11.8 Å². The monoisotopic (exact) mass is 508 g/mol. The van der Waals surface area contributed by atoms with Gasteiger partial charge in [-0.1, -0.05) is 17.7 Å². The second-order valence-electron chi connectivity index (χ2n) is 7.00. The normalized spacial score (nSPS) is 23.0. The maximum atomic E-state index is 6.18. The molecule has 3 rings (SSSR count). The van der Waals surface area contributed by atoms with Crippen molar-refractivity contribution in [3.8, 4) is 0 Å². The number of benzene rings is 1. The Bertz CT molecular complexity index is 607. The highest BCUT2D eigenvalue weighted by Crippen LogP contribution is 2.29. The van der Waals surface area contributed by atoms with Crippen LogP contribution >= 0.6 is 47.3 Å². The summed E-state index contributed by atoms with van der Waals surface area (Å²) in [6.07, 6.45) is 3.88. The van der Waals surface area contributed by atoms with Gasteiger partial charge in [0.15, 0.2) is 5.96 Å². The minimum Gasteiger partial charge on any atom is -0.371 e. The summed E-state index contributed by atoms with van der Waals surface area (Å²) in [6, 6.07) is 6.16. The lowest BCUT2D eigenvalue weighted by Gasteiger charge is -2.22. The molecule has 2 atom stereocenters.